The first kappa shape index (κ1) is 21.3. The zero-order chi connectivity index (χ0) is 17.0. The standard InChI is InChI=1S/C9H13O.3C4H9.Sn/c10-8-4-7-9-5-2-1-3-6-9;3*1-3-4-2;/h5,7,10H,1-3,6,8H2;3*1,3-4H2,2H3;. The Kier molecular flexibility index (Phi) is 11.6. The van der Waals surface area contributed by atoms with E-state index in [2.05, 4.69) is 32.9 Å². The zero-order valence-electron chi connectivity index (χ0n) is 16.0. The van der Waals surface area contributed by atoms with Gasteiger partial charge in [-0.1, -0.05) is 0 Å². The summed E-state index contributed by atoms with van der Waals surface area (Å²) in [4.78, 5) is 0. The Balaban J connectivity index is 3.06. The molecule has 0 saturated carbocycles. The van der Waals surface area contributed by atoms with Gasteiger partial charge >= 0.3 is 150 Å². The number of unbranched alkanes of at least 4 members (excludes halogenated alkanes) is 3. The molecular formula is C21H40OSn. The van der Waals surface area contributed by atoms with Crippen molar-refractivity contribution in [1.29, 1.82) is 0 Å². The second-order valence-corrected chi connectivity index (χ2v) is 20.9. The maximum atomic E-state index is 10.2. The summed E-state index contributed by atoms with van der Waals surface area (Å²) >= 11 is -2.40. The van der Waals surface area contributed by atoms with E-state index in [1.807, 2.05) is 0 Å². The Morgan fingerprint density at radius 2 is 1.57 bits per heavy atom. The molecule has 0 amide bonds. The molecule has 23 heavy (non-hydrogen) atoms. The van der Waals surface area contributed by atoms with Crippen molar-refractivity contribution in [3.05, 3.63) is 21.3 Å². The molecule has 1 N–H and O–H groups in total. The van der Waals surface area contributed by atoms with Gasteiger partial charge in [0.05, 0.1) is 0 Å². The van der Waals surface area contributed by atoms with E-state index in [-0.39, 0.29) is 0 Å². The summed E-state index contributed by atoms with van der Waals surface area (Å²) in [6.45, 7) is 7.30. The number of aliphatic hydroxyl groups excluding tert-OH is 1. The van der Waals surface area contributed by atoms with Gasteiger partial charge in [-0.3, -0.25) is 0 Å². The fourth-order valence-corrected chi connectivity index (χ4v) is 20.1. The van der Waals surface area contributed by atoms with Gasteiger partial charge < -0.3 is 0 Å². The van der Waals surface area contributed by atoms with Crippen molar-refractivity contribution in [1.82, 2.24) is 0 Å². The molecule has 0 fully saturated rings. The van der Waals surface area contributed by atoms with Crippen molar-refractivity contribution in [3.8, 4) is 0 Å². The second kappa shape index (κ2) is 12.6. The molecule has 1 aliphatic rings. The van der Waals surface area contributed by atoms with Crippen LogP contribution in [0.25, 0.3) is 0 Å². The van der Waals surface area contributed by atoms with Crippen LogP contribution < -0.4 is 0 Å². The first-order valence-corrected chi connectivity index (χ1v) is 17.7. The molecule has 0 bridgehead atoms. The summed E-state index contributed by atoms with van der Waals surface area (Å²) in [6, 6.07) is 0. The number of allylic oxidation sites excluding steroid dienone is 3. The molecule has 0 aromatic rings. The molecule has 0 radical (unpaired) electrons. The average molecular weight is 427 g/mol. The van der Waals surface area contributed by atoms with Gasteiger partial charge in [-0.2, -0.15) is 0 Å². The molecule has 0 unspecified atom stereocenters. The van der Waals surface area contributed by atoms with Gasteiger partial charge in [0.15, 0.2) is 0 Å². The summed E-state index contributed by atoms with van der Waals surface area (Å²) < 4.78 is 5.93. The number of rotatable bonds is 12. The molecule has 0 atom stereocenters. The third-order valence-corrected chi connectivity index (χ3v) is 21.5. The Bertz CT molecular complexity index is 348. The van der Waals surface area contributed by atoms with Gasteiger partial charge in [-0.05, 0) is 0 Å². The van der Waals surface area contributed by atoms with E-state index in [0.717, 1.165) is 0 Å². The fraction of sp³-hybridized carbons (Fsp3) is 0.810. The normalized spacial score (nSPS) is 16.5. The van der Waals surface area contributed by atoms with E-state index in [4.69, 9.17) is 0 Å². The van der Waals surface area contributed by atoms with Crippen LogP contribution in [0.4, 0.5) is 0 Å². The molecule has 0 aromatic carbocycles. The van der Waals surface area contributed by atoms with E-state index >= 15 is 0 Å². The van der Waals surface area contributed by atoms with Gasteiger partial charge in [0.1, 0.15) is 0 Å². The molecule has 0 aliphatic heterocycles. The molecule has 0 spiro atoms. The van der Waals surface area contributed by atoms with Crippen LogP contribution in [0, 0.1) is 0 Å². The van der Waals surface area contributed by atoms with Gasteiger partial charge in [0.2, 0.25) is 0 Å². The number of hydrogen-bond acceptors (Lipinski definition) is 1. The molecule has 134 valence electrons. The molecule has 1 rings (SSSR count). The van der Waals surface area contributed by atoms with Crippen molar-refractivity contribution in [2.24, 2.45) is 0 Å². The van der Waals surface area contributed by atoms with Crippen LogP contribution in [0.2, 0.25) is 13.3 Å². The van der Waals surface area contributed by atoms with Crippen LogP contribution in [-0.4, -0.2) is 30.1 Å². The SMILES string of the molecule is CCC[CH2][Sn]([CH2]CCC)([CH2]CCC)/[C](=C/C1=CCCCC1)CO. The first-order chi connectivity index (χ1) is 11.2. The number of hydrogen-bond donors (Lipinski definition) is 1. The van der Waals surface area contributed by atoms with Crippen LogP contribution in [0.1, 0.15) is 85.0 Å². The minimum atomic E-state index is -2.40. The van der Waals surface area contributed by atoms with Gasteiger partial charge in [0.25, 0.3) is 0 Å². The third-order valence-electron chi connectivity index (χ3n) is 5.56. The van der Waals surface area contributed by atoms with Crippen molar-refractivity contribution < 1.29 is 5.11 Å². The summed E-state index contributed by atoms with van der Waals surface area (Å²) in [5.41, 5.74) is 1.53. The van der Waals surface area contributed by atoms with E-state index in [0.29, 0.717) is 6.61 Å². The van der Waals surface area contributed by atoms with Gasteiger partial charge in [0, 0.05) is 0 Å². The van der Waals surface area contributed by atoms with Crippen molar-refractivity contribution in [2.75, 3.05) is 6.61 Å². The Morgan fingerprint density at radius 3 is 1.96 bits per heavy atom. The Labute approximate surface area is 149 Å². The molecule has 0 saturated heterocycles. The van der Waals surface area contributed by atoms with Crippen LogP contribution >= 0.6 is 0 Å². The molecular weight excluding hydrogens is 387 g/mol. The van der Waals surface area contributed by atoms with Crippen LogP contribution in [-0.2, 0) is 0 Å². The maximum absolute atomic E-state index is 10.2. The number of aliphatic hydroxyl groups is 1. The fourth-order valence-electron chi connectivity index (χ4n) is 3.99. The van der Waals surface area contributed by atoms with Crippen LogP contribution in [0.3, 0.4) is 0 Å². The van der Waals surface area contributed by atoms with E-state index in [1.165, 1.54) is 83.1 Å². The quantitative estimate of drug-likeness (QED) is 0.340. The summed E-state index contributed by atoms with van der Waals surface area (Å²) in [7, 11) is 0. The monoisotopic (exact) mass is 428 g/mol. The van der Waals surface area contributed by atoms with Gasteiger partial charge in [-0.15, -0.1) is 0 Å². The topological polar surface area (TPSA) is 20.2 Å². The predicted molar refractivity (Wildman–Crippen MR) is 107 cm³/mol. The van der Waals surface area contributed by atoms with E-state index in [1.54, 1.807) is 3.59 Å². The van der Waals surface area contributed by atoms with E-state index < -0.39 is 18.4 Å². The molecule has 2 heteroatoms. The Hall–Kier alpha value is 0.239. The molecule has 1 aliphatic carbocycles. The third kappa shape index (κ3) is 7.34. The van der Waals surface area contributed by atoms with Crippen LogP contribution in [0.5, 0.6) is 0 Å². The summed E-state index contributed by atoms with van der Waals surface area (Å²) in [6.07, 6.45) is 18.1. The van der Waals surface area contributed by atoms with E-state index in [9.17, 15) is 5.11 Å². The van der Waals surface area contributed by atoms with Crippen molar-refractivity contribution >= 4 is 18.4 Å². The molecule has 1 nitrogen and oxygen atoms in total. The van der Waals surface area contributed by atoms with Gasteiger partial charge in [-0.25, -0.2) is 0 Å². The van der Waals surface area contributed by atoms with Crippen molar-refractivity contribution in [2.45, 2.75) is 98.3 Å². The summed E-state index contributed by atoms with van der Waals surface area (Å²) in [5, 5.41) is 10.2. The predicted octanol–water partition coefficient (Wildman–Crippen LogP) is 6.79. The average Bonchev–Trinajstić information content (AvgIpc) is 2.60. The Morgan fingerprint density at radius 1 is 1.00 bits per heavy atom. The zero-order valence-corrected chi connectivity index (χ0v) is 18.9. The molecule has 0 heterocycles. The molecule has 0 aromatic heterocycles. The van der Waals surface area contributed by atoms with Crippen LogP contribution in [0.15, 0.2) is 21.3 Å². The second-order valence-electron chi connectivity index (χ2n) is 7.44. The minimum absolute atomic E-state index is 0.338. The first-order valence-electron chi connectivity index (χ1n) is 10.2. The summed E-state index contributed by atoms with van der Waals surface area (Å²) in [5.74, 6) is 0. The van der Waals surface area contributed by atoms with Crippen molar-refractivity contribution in [3.63, 3.8) is 0 Å².